The van der Waals surface area contributed by atoms with Crippen LogP contribution in [0.2, 0.25) is 0 Å². The zero-order chi connectivity index (χ0) is 34.5. The fourth-order valence-electron chi connectivity index (χ4n) is 5.91. The number of likely N-dealkylation sites (tertiary alicyclic amines) is 1. The van der Waals surface area contributed by atoms with E-state index in [0.717, 1.165) is 60.2 Å². The zero-order valence-electron chi connectivity index (χ0n) is 28.8. The summed E-state index contributed by atoms with van der Waals surface area (Å²) in [6, 6.07) is 13.0. The number of carbonyl (C=O) groups excluding carboxylic acids is 3. The molecular formula is C36H51N7O5. The molecule has 3 aromatic rings. The molecule has 2 aromatic carbocycles. The van der Waals surface area contributed by atoms with Crippen LogP contribution in [0, 0.1) is 5.41 Å². The average molecular weight is 662 g/mol. The number of nitrogens with one attached hydrogen (secondary N) is 4. The molecule has 0 aliphatic carbocycles. The molecule has 4 rings (SSSR count). The van der Waals surface area contributed by atoms with Crippen LogP contribution in [0.15, 0.2) is 42.5 Å². The Hall–Kier alpha value is -4.45. The van der Waals surface area contributed by atoms with Crippen molar-refractivity contribution in [3.63, 3.8) is 0 Å². The molecular weight excluding hydrogens is 610 g/mol. The molecule has 2 heterocycles. The fraction of sp³-hybridized carbons (Fsp3) is 0.528. The Bertz CT molecular complexity index is 1550. The van der Waals surface area contributed by atoms with E-state index in [1.165, 1.54) is 19.3 Å². The molecule has 1 aromatic heterocycles. The molecule has 1 aliphatic rings. The minimum Gasteiger partial charge on any atom is -0.465 e. The Morgan fingerprint density at radius 3 is 2.38 bits per heavy atom. The van der Waals surface area contributed by atoms with Crippen molar-refractivity contribution in [3.05, 3.63) is 59.4 Å². The number of hydrogen-bond acceptors (Lipinski definition) is 9. The normalized spacial score (nSPS) is 14.0. The first-order chi connectivity index (χ1) is 23.2. The largest absolute Gasteiger partial charge is 0.465 e. The van der Waals surface area contributed by atoms with Gasteiger partial charge in [0.1, 0.15) is 17.2 Å². The lowest BCUT2D eigenvalue weighted by Crippen LogP contribution is -2.54. The van der Waals surface area contributed by atoms with Gasteiger partial charge in [-0.2, -0.15) is 0 Å². The number of rotatable bonds is 17. The quantitative estimate of drug-likeness (QED) is 0.0633. The van der Waals surface area contributed by atoms with Crippen LogP contribution in [-0.4, -0.2) is 71.1 Å². The van der Waals surface area contributed by atoms with E-state index in [1.54, 1.807) is 19.1 Å². The molecule has 1 saturated heterocycles. The van der Waals surface area contributed by atoms with Gasteiger partial charge in [-0.1, -0.05) is 45.1 Å². The molecule has 0 radical (unpaired) electrons. The summed E-state index contributed by atoms with van der Waals surface area (Å²) in [6.07, 6.45) is 7.95. The number of esters is 1. The number of alkyl carbamates (subject to hydrolysis) is 1. The Kier molecular flexibility index (Phi) is 13.4. The third-order valence-electron chi connectivity index (χ3n) is 8.85. The van der Waals surface area contributed by atoms with Crippen molar-refractivity contribution in [3.8, 4) is 0 Å². The summed E-state index contributed by atoms with van der Waals surface area (Å²) in [7, 11) is 1.95. The van der Waals surface area contributed by atoms with Crippen molar-refractivity contribution >= 4 is 40.5 Å². The van der Waals surface area contributed by atoms with Gasteiger partial charge in [-0.15, -0.1) is 0 Å². The average Bonchev–Trinajstić information content (AvgIpc) is 3.74. The number of hydrogen-bond donors (Lipinski definition) is 4. The van der Waals surface area contributed by atoms with Gasteiger partial charge >= 0.3 is 12.1 Å². The van der Waals surface area contributed by atoms with E-state index in [1.807, 2.05) is 53.8 Å². The molecule has 12 heteroatoms. The first-order valence-electron chi connectivity index (χ1n) is 17.2. The van der Waals surface area contributed by atoms with Gasteiger partial charge in [0.2, 0.25) is 5.91 Å². The molecule has 4 N–H and O–H groups in total. The molecule has 0 saturated carbocycles. The molecule has 1 atom stereocenters. The summed E-state index contributed by atoms with van der Waals surface area (Å²) in [5, 5.41) is 17.3. The Morgan fingerprint density at radius 2 is 1.67 bits per heavy atom. The third-order valence-corrected chi connectivity index (χ3v) is 8.85. The van der Waals surface area contributed by atoms with Crippen molar-refractivity contribution in [1.29, 1.82) is 5.41 Å². The van der Waals surface area contributed by atoms with Gasteiger partial charge in [-0.05, 0) is 75.1 Å². The number of aryl methyl sites for hydroxylation is 1. The van der Waals surface area contributed by atoms with Crippen LogP contribution in [0.25, 0.3) is 11.0 Å². The van der Waals surface area contributed by atoms with E-state index in [0.29, 0.717) is 31.8 Å². The molecule has 1 aliphatic heterocycles. The highest BCUT2D eigenvalue weighted by atomic mass is 16.5. The summed E-state index contributed by atoms with van der Waals surface area (Å²) in [4.78, 5) is 44.8. The molecule has 0 bridgehead atoms. The van der Waals surface area contributed by atoms with E-state index in [4.69, 9.17) is 19.9 Å². The number of nitrogens with zero attached hydrogens (tertiary/aromatic N) is 3. The van der Waals surface area contributed by atoms with Gasteiger partial charge in [0.05, 0.1) is 37.3 Å². The number of anilines is 1. The number of unbranched alkanes of at least 4 members (excludes halogenated alkanes) is 5. The smallest absolute Gasteiger partial charge is 0.412 e. The third kappa shape index (κ3) is 9.56. The van der Waals surface area contributed by atoms with Crippen LogP contribution in [0.1, 0.15) is 89.1 Å². The van der Waals surface area contributed by atoms with Gasteiger partial charge < -0.3 is 24.3 Å². The number of fused-ring (bicyclic) bond motifs is 1. The van der Waals surface area contributed by atoms with Crippen LogP contribution in [-0.2, 0) is 38.2 Å². The van der Waals surface area contributed by atoms with Crippen LogP contribution >= 0.6 is 0 Å². The van der Waals surface area contributed by atoms with Crippen molar-refractivity contribution in [2.45, 2.75) is 84.2 Å². The summed E-state index contributed by atoms with van der Waals surface area (Å²) < 4.78 is 12.3. The summed E-state index contributed by atoms with van der Waals surface area (Å²) >= 11 is 0. The van der Waals surface area contributed by atoms with Crippen LogP contribution in [0.3, 0.4) is 0 Å². The monoisotopic (exact) mass is 661 g/mol. The molecule has 48 heavy (non-hydrogen) atoms. The fourth-order valence-corrected chi connectivity index (χ4v) is 5.91. The minimum atomic E-state index is -1.13. The van der Waals surface area contributed by atoms with Crippen molar-refractivity contribution in [2.24, 2.45) is 7.05 Å². The number of amides is 2. The predicted molar refractivity (Wildman–Crippen MR) is 187 cm³/mol. The number of ether oxygens (including phenoxy) is 2. The molecule has 1 fully saturated rings. The summed E-state index contributed by atoms with van der Waals surface area (Å²) in [5.41, 5.74) is 2.65. The molecule has 12 nitrogen and oxygen atoms in total. The number of carbonyl (C=O) groups is 3. The standard InChI is InChI=1S/C36H51N7O5/c1-5-7-8-9-10-13-22-48-35(46)41-33(37)26-14-17-28(18-15-26)38-24-31-40-29-23-27(16-19-30(29)42(31)4)36(3,39-25-32(44)47-6-2)34(45)43-20-11-12-21-43/h14-19,23,38-39H,5-13,20-22,24-25H2,1-4H3,(H2,37,41,46). The number of imidazole rings is 1. The number of aromatic nitrogens is 2. The topological polar surface area (TPSA) is 151 Å². The van der Waals surface area contributed by atoms with Gasteiger partial charge in [-0.25, -0.2) is 9.78 Å². The highest BCUT2D eigenvalue weighted by molar-refractivity contribution is 6.04. The molecule has 260 valence electrons. The second kappa shape index (κ2) is 17.6. The SMILES string of the molecule is CCCCCCCCOC(=O)NC(=N)c1ccc(NCc2nc3cc(C(C)(NCC(=O)OCC)C(=O)N4CCCC4)ccc3n2C)cc1. The molecule has 1 unspecified atom stereocenters. The highest BCUT2D eigenvalue weighted by Crippen LogP contribution is 2.29. The van der Waals surface area contributed by atoms with Gasteiger partial charge in [0.15, 0.2) is 0 Å². The zero-order valence-corrected chi connectivity index (χ0v) is 28.8. The van der Waals surface area contributed by atoms with Gasteiger partial charge in [0.25, 0.3) is 0 Å². The second-order valence-corrected chi connectivity index (χ2v) is 12.4. The lowest BCUT2D eigenvalue weighted by Gasteiger charge is -2.33. The number of benzene rings is 2. The molecule has 0 spiro atoms. The van der Waals surface area contributed by atoms with E-state index in [-0.39, 0.29) is 24.9 Å². The van der Waals surface area contributed by atoms with Crippen molar-refractivity contribution < 1.29 is 23.9 Å². The van der Waals surface area contributed by atoms with Gasteiger partial charge in [0, 0.05) is 31.4 Å². The second-order valence-electron chi connectivity index (χ2n) is 12.4. The maximum absolute atomic E-state index is 13.8. The van der Waals surface area contributed by atoms with E-state index >= 15 is 0 Å². The lowest BCUT2D eigenvalue weighted by atomic mass is 9.89. The van der Waals surface area contributed by atoms with Gasteiger partial charge in [-0.3, -0.25) is 25.6 Å². The molecule has 2 amide bonds. The maximum atomic E-state index is 13.8. The Morgan fingerprint density at radius 1 is 0.958 bits per heavy atom. The van der Waals surface area contributed by atoms with Crippen molar-refractivity contribution in [1.82, 2.24) is 25.1 Å². The lowest BCUT2D eigenvalue weighted by molar-refractivity contribution is -0.143. The Balaban J connectivity index is 1.36. The maximum Gasteiger partial charge on any atom is 0.412 e. The number of amidine groups is 1. The van der Waals surface area contributed by atoms with E-state index in [2.05, 4.69) is 22.9 Å². The van der Waals surface area contributed by atoms with Crippen LogP contribution in [0.5, 0.6) is 0 Å². The van der Waals surface area contributed by atoms with Crippen molar-refractivity contribution in [2.75, 3.05) is 38.2 Å². The highest BCUT2D eigenvalue weighted by Gasteiger charge is 2.40. The summed E-state index contributed by atoms with van der Waals surface area (Å²) in [6.45, 7) is 8.12. The summed E-state index contributed by atoms with van der Waals surface area (Å²) in [5.74, 6) is 0.291. The van der Waals surface area contributed by atoms with E-state index in [9.17, 15) is 14.4 Å². The van der Waals surface area contributed by atoms with E-state index < -0.39 is 17.6 Å². The first-order valence-corrected chi connectivity index (χ1v) is 17.2. The predicted octanol–water partition coefficient (Wildman–Crippen LogP) is 5.59. The Labute approximate surface area is 283 Å². The first kappa shape index (κ1) is 36.4. The minimum absolute atomic E-state index is 0.0207. The van der Waals surface area contributed by atoms with Crippen LogP contribution in [0.4, 0.5) is 10.5 Å². The van der Waals surface area contributed by atoms with Crippen LogP contribution < -0.4 is 16.0 Å².